The van der Waals surface area contributed by atoms with E-state index in [0.29, 0.717) is 54.9 Å². The Kier molecular flexibility index (Phi) is 6.69. The topological polar surface area (TPSA) is 52.7 Å². The standard InChI is InChI=1S/C16H21Cl2N3O2/c1-2-6-19-14(22)11-20-7-9-21(10-8-20)16(23)12-4-3-5-13(17)15(12)18/h3-5H,2,6-11H2,1H3,(H,19,22). The van der Waals surface area contributed by atoms with Crippen LogP contribution in [0.25, 0.3) is 0 Å². The van der Waals surface area contributed by atoms with Crippen LogP contribution in [-0.2, 0) is 4.79 Å². The van der Waals surface area contributed by atoms with Crippen molar-refractivity contribution in [3.63, 3.8) is 0 Å². The number of amides is 2. The van der Waals surface area contributed by atoms with Gasteiger partial charge in [0.2, 0.25) is 5.91 Å². The monoisotopic (exact) mass is 357 g/mol. The molecule has 126 valence electrons. The number of benzene rings is 1. The van der Waals surface area contributed by atoms with Gasteiger partial charge in [-0.05, 0) is 18.6 Å². The molecule has 1 fully saturated rings. The Labute approximate surface area is 146 Å². The number of nitrogens with zero attached hydrogens (tertiary/aromatic N) is 2. The van der Waals surface area contributed by atoms with Crippen molar-refractivity contribution in [1.29, 1.82) is 0 Å². The van der Waals surface area contributed by atoms with Crippen molar-refractivity contribution >= 4 is 35.0 Å². The van der Waals surface area contributed by atoms with Crippen molar-refractivity contribution < 1.29 is 9.59 Å². The molecule has 0 atom stereocenters. The molecule has 1 aromatic rings. The predicted octanol–water partition coefficient (Wildman–Crippen LogP) is 2.28. The third kappa shape index (κ3) is 4.83. The highest BCUT2D eigenvalue weighted by molar-refractivity contribution is 6.43. The average Bonchev–Trinajstić information content (AvgIpc) is 2.55. The quantitative estimate of drug-likeness (QED) is 0.879. The number of carbonyl (C=O) groups is 2. The third-order valence-corrected chi connectivity index (χ3v) is 4.60. The molecule has 0 spiro atoms. The van der Waals surface area contributed by atoms with Crippen LogP contribution in [0.5, 0.6) is 0 Å². The molecule has 0 aliphatic carbocycles. The first kappa shape index (κ1) is 18.0. The van der Waals surface area contributed by atoms with Gasteiger partial charge in [-0.25, -0.2) is 0 Å². The minimum atomic E-state index is -0.118. The summed E-state index contributed by atoms with van der Waals surface area (Å²) in [5, 5.41) is 3.53. The molecule has 1 aromatic carbocycles. The summed E-state index contributed by atoms with van der Waals surface area (Å²) in [7, 11) is 0. The SMILES string of the molecule is CCCNC(=O)CN1CCN(C(=O)c2cccc(Cl)c2Cl)CC1. The minimum absolute atomic E-state index is 0.0320. The van der Waals surface area contributed by atoms with Crippen LogP contribution in [0.1, 0.15) is 23.7 Å². The minimum Gasteiger partial charge on any atom is -0.355 e. The Morgan fingerprint density at radius 2 is 1.87 bits per heavy atom. The fraction of sp³-hybridized carbons (Fsp3) is 0.500. The van der Waals surface area contributed by atoms with E-state index in [1.807, 2.05) is 11.8 Å². The van der Waals surface area contributed by atoms with Crippen LogP contribution in [0.2, 0.25) is 10.0 Å². The molecular formula is C16H21Cl2N3O2. The normalized spacial score (nSPS) is 15.5. The lowest BCUT2D eigenvalue weighted by molar-refractivity contribution is -0.122. The predicted molar refractivity (Wildman–Crippen MR) is 92.1 cm³/mol. The average molecular weight is 358 g/mol. The van der Waals surface area contributed by atoms with Gasteiger partial charge in [-0.2, -0.15) is 0 Å². The second-order valence-corrected chi connectivity index (χ2v) is 6.30. The molecule has 1 aliphatic heterocycles. The van der Waals surface area contributed by atoms with Crippen LogP contribution in [0.4, 0.5) is 0 Å². The van der Waals surface area contributed by atoms with Crippen molar-refractivity contribution in [1.82, 2.24) is 15.1 Å². The van der Waals surface area contributed by atoms with Crippen LogP contribution in [0.3, 0.4) is 0 Å². The van der Waals surface area contributed by atoms with Gasteiger partial charge < -0.3 is 10.2 Å². The number of hydrogen-bond acceptors (Lipinski definition) is 3. The van der Waals surface area contributed by atoms with E-state index in [9.17, 15) is 9.59 Å². The van der Waals surface area contributed by atoms with Crippen LogP contribution >= 0.6 is 23.2 Å². The Balaban J connectivity index is 1.88. The van der Waals surface area contributed by atoms with Crippen molar-refractivity contribution in [2.75, 3.05) is 39.3 Å². The van der Waals surface area contributed by atoms with E-state index in [4.69, 9.17) is 23.2 Å². The number of hydrogen-bond donors (Lipinski definition) is 1. The molecule has 5 nitrogen and oxygen atoms in total. The number of carbonyl (C=O) groups excluding carboxylic acids is 2. The Morgan fingerprint density at radius 1 is 1.17 bits per heavy atom. The van der Waals surface area contributed by atoms with Crippen molar-refractivity contribution in [3.05, 3.63) is 33.8 Å². The van der Waals surface area contributed by atoms with E-state index in [-0.39, 0.29) is 11.8 Å². The van der Waals surface area contributed by atoms with Crippen LogP contribution in [0, 0.1) is 0 Å². The number of piperazine rings is 1. The van der Waals surface area contributed by atoms with Gasteiger partial charge in [0, 0.05) is 32.7 Å². The van der Waals surface area contributed by atoms with E-state index in [1.165, 1.54) is 0 Å². The van der Waals surface area contributed by atoms with Gasteiger partial charge in [-0.3, -0.25) is 14.5 Å². The highest BCUT2D eigenvalue weighted by Gasteiger charge is 2.24. The Bertz CT molecular complexity index is 572. The lowest BCUT2D eigenvalue weighted by Gasteiger charge is -2.34. The molecule has 0 saturated carbocycles. The first-order valence-electron chi connectivity index (χ1n) is 7.75. The fourth-order valence-electron chi connectivity index (χ4n) is 2.47. The van der Waals surface area contributed by atoms with E-state index in [0.717, 1.165) is 6.42 Å². The summed E-state index contributed by atoms with van der Waals surface area (Å²) in [6.07, 6.45) is 0.925. The van der Waals surface area contributed by atoms with Crippen molar-refractivity contribution in [2.45, 2.75) is 13.3 Å². The van der Waals surface area contributed by atoms with E-state index in [1.54, 1.807) is 23.1 Å². The molecule has 7 heteroatoms. The Morgan fingerprint density at radius 3 is 2.52 bits per heavy atom. The van der Waals surface area contributed by atoms with Gasteiger partial charge in [0.1, 0.15) is 0 Å². The molecule has 0 aromatic heterocycles. The third-order valence-electron chi connectivity index (χ3n) is 3.78. The van der Waals surface area contributed by atoms with Gasteiger partial charge in [-0.1, -0.05) is 36.2 Å². The van der Waals surface area contributed by atoms with Gasteiger partial charge in [0.25, 0.3) is 5.91 Å². The summed E-state index contributed by atoms with van der Waals surface area (Å²) < 4.78 is 0. The first-order valence-corrected chi connectivity index (χ1v) is 8.51. The van der Waals surface area contributed by atoms with E-state index in [2.05, 4.69) is 5.32 Å². The van der Waals surface area contributed by atoms with E-state index < -0.39 is 0 Å². The second-order valence-electron chi connectivity index (χ2n) is 5.52. The van der Waals surface area contributed by atoms with E-state index >= 15 is 0 Å². The zero-order valence-corrected chi connectivity index (χ0v) is 14.7. The molecule has 2 amide bonds. The van der Waals surface area contributed by atoms with Crippen LogP contribution in [-0.4, -0.2) is 60.9 Å². The lowest BCUT2D eigenvalue weighted by atomic mass is 10.1. The summed E-state index contributed by atoms with van der Waals surface area (Å²) in [6.45, 7) is 5.58. The van der Waals surface area contributed by atoms with Gasteiger partial charge >= 0.3 is 0 Å². The number of rotatable bonds is 5. The largest absolute Gasteiger partial charge is 0.355 e. The molecule has 0 bridgehead atoms. The zero-order valence-electron chi connectivity index (χ0n) is 13.1. The number of halogens is 2. The lowest BCUT2D eigenvalue weighted by Crippen LogP contribution is -2.51. The molecular weight excluding hydrogens is 337 g/mol. The molecule has 2 rings (SSSR count). The first-order chi connectivity index (χ1) is 11.0. The van der Waals surface area contributed by atoms with Crippen molar-refractivity contribution in [2.24, 2.45) is 0 Å². The molecule has 1 heterocycles. The molecule has 0 radical (unpaired) electrons. The summed E-state index contributed by atoms with van der Waals surface area (Å²) in [5.41, 5.74) is 0.424. The number of nitrogens with one attached hydrogen (secondary N) is 1. The highest BCUT2D eigenvalue weighted by atomic mass is 35.5. The second kappa shape index (κ2) is 8.52. The maximum atomic E-state index is 12.5. The molecule has 23 heavy (non-hydrogen) atoms. The van der Waals surface area contributed by atoms with Gasteiger partial charge in [0.05, 0.1) is 22.2 Å². The maximum absolute atomic E-state index is 12.5. The van der Waals surface area contributed by atoms with Crippen LogP contribution < -0.4 is 5.32 Å². The van der Waals surface area contributed by atoms with Crippen molar-refractivity contribution in [3.8, 4) is 0 Å². The molecule has 1 aliphatic rings. The molecule has 1 N–H and O–H groups in total. The zero-order chi connectivity index (χ0) is 16.8. The maximum Gasteiger partial charge on any atom is 0.255 e. The Hall–Kier alpha value is -1.30. The van der Waals surface area contributed by atoms with Gasteiger partial charge in [0.15, 0.2) is 0 Å². The van der Waals surface area contributed by atoms with Gasteiger partial charge in [-0.15, -0.1) is 0 Å². The summed E-state index contributed by atoms with van der Waals surface area (Å²) in [5.74, 6) is -0.0860. The fourth-order valence-corrected chi connectivity index (χ4v) is 2.85. The smallest absolute Gasteiger partial charge is 0.255 e. The molecule has 1 saturated heterocycles. The summed E-state index contributed by atoms with van der Waals surface area (Å²) in [4.78, 5) is 28.0. The highest BCUT2D eigenvalue weighted by Crippen LogP contribution is 2.26. The summed E-state index contributed by atoms with van der Waals surface area (Å²) >= 11 is 12.1. The van der Waals surface area contributed by atoms with Crippen LogP contribution in [0.15, 0.2) is 18.2 Å². The summed E-state index contributed by atoms with van der Waals surface area (Å²) in [6, 6.07) is 5.06. The molecule has 0 unspecified atom stereocenters.